The number of nitrogens with one attached hydrogen (secondary N) is 1. The van der Waals surface area contributed by atoms with Crippen molar-refractivity contribution in [1.29, 1.82) is 0 Å². The molecule has 5 heterocycles. The molecule has 0 saturated carbocycles. The molecule has 0 aromatic carbocycles. The van der Waals surface area contributed by atoms with Gasteiger partial charge in [0.05, 0.1) is 11.6 Å². The van der Waals surface area contributed by atoms with Crippen LogP contribution in [0.4, 0.5) is 0 Å². The first kappa shape index (κ1) is 14.0. The lowest BCUT2D eigenvalue weighted by molar-refractivity contribution is 0.0216. The Kier molecular flexibility index (Phi) is 3.35. The van der Waals surface area contributed by atoms with Gasteiger partial charge in [-0.1, -0.05) is 11.6 Å². The number of amides is 1. The molecule has 0 radical (unpaired) electrons. The van der Waals surface area contributed by atoms with Crippen molar-refractivity contribution in [3.05, 3.63) is 29.2 Å². The van der Waals surface area contributed by atoms with Gasteiger partial charge in [-0.15, -0.1) is 0 Å². The number of carbonyl (C=O) groups excluding carboxylic acids is 1. The first-order valence-corrected chi connectivity index (χ1v) is 8.10. The summed E-state index contributed by atoms with van der Waals surface area (Å²) < 4.78 is 5.34. The van der Waals surface area contributed by atoms with Crippen molar-refractivity contribution in [2.24, 2.45) is 5.92 Å². The summed E-state index contributed by atoms with van der Waals surface area (Å²) in [6.45, 7) is 4.47. The van der Waals surface area contributed by atoms with Crippen molar-refractivity contribution in [2.45, 2.75) is 31.8 Å². The number of hydrogen-bond acceptors (Lipinski definition) is 4. The predicted molar refractivity (Wildman–Crippen MR) is 84.0 cm³/mol. The second-order valence-electron chi connectivity index (χ2n) is 6.24. The minimum absolute atomic E-state index is 0.175. The minimum Gasteiger partial charge on any atom is -0.464 e. The number of rotatable bonds is 2. The zero-order valence-electron chi connectivity index (χ0n) is 12.4. The Bertz CT molecular complexity index is 719. The maximum atomic E-state index is 12.6. The van der Waals surface area contributed by atoms with Crippen LogP contribution >= 0.6 is 11.6 Å². The van der Waals surface area contributed by atoms with Crippen LogP contribution in [0, 0.1) is 5.92 Å². The Morgan fingerprint density at radius 3 is 2.95 bits per heavy atom. The normalized spacial score (nSPS) is 30.6. The summed E-state index contributed by atoms with van der Waals surface area (Å²) in [5.74, 6) is 0.387. The van der Waals surface area contributed by atoms with E-state index in [1.54, 1.807) is 18.4 Å². The van der Waals surface area contributed by atoms with E-state index in [4.69, 9.17) is 16.0 Å². The molecular formula is C16H18ClN3O2. The van der Waals surface area contributed by atoms with Crippen LogP contribution in [0.2, 0.25) is 5.15 Å². The third-order valence-electron chi connectivity index (χ3n) is 5.11. The van der Waals surface area contributed by atoms with Gasteiger partial charge in [-0.3, -0.25) is 9.69 Å². The SMILES string of the molecule is C[C@@H]1[C@H](NC(=O)c2cc3occc3c(Cl)n2)C2CCN1CC2. The molecule has 6 heteroatoms. The van der Waals surface area contributed by atoms with Gasteiger partial charge in [0.15, 0.2) is 0 Å². The standard InChI is InChI=1S/C16H18ClN3O2/c1-9-14(10-2-5-20(9)6-3-10)19-16(21)12-8-13-11(4-7-22-13)15(17)18-12/h4,7-10,14H,2-3,5-6H2,1H3,(H,19,21)/t9-,14+/m1/s1. The summed E-state index contributed by atoms with van der Waals surface area (Å²) in [7, 11) is 0. The quantitative estimate of drug-likeness (QED) is 0.865. The molecule has 3 aliphatic rings. The van der Waals surface area contributed by atoms with Crippen molar-refractivity contribution in [3.8, 4) is 0 Å². The van der Waals surface area contributed by atoms with Gasteiger partial charge in [-0.25, -0.2) is 4.98 Å². The van der Waals surface area contributed by atoms with Crippen LogP contribution in [-0.4, -0.2) is 41.0 Å². The number of furan rings is 1. The average Bonchev–Trinajstić information content (AvgIpc) is 3.00. The fourth-order valence-corrected chi connectivity index (χ4v) is 4.06. The summed E-state index contributed by atoms with van der Waals surface area (Å²) in [4.78, 5) is 19.2. The molecule has 3 saturated heterocycles. The fourth-order valence-electron chi connectivity index (χ4n) is 3.81. The van der Waals surface area contributed by atoms with Crippen LogP contribution in [-0.2, 0) is 0 Å². The van der Waals surface area contributed by atoms with E-state index in [2.05, 4.69) is 22.1 Å². The Hall–Kier alpha value is -1.59. The van der Waals surface area contributed by atoms with Crippen LogP contribution in [0.15, 0.2) is 22.8 Å². The number of aromatic nitrogens is 1. The number of fused-ring (bicyclic) bond motifs is 4. The van der Waals surface area contributed by atoms with Crippen LogP contribution in [0.1, 0.15) is 30.3 Å². The van der Waals surface area contributed by atoms with E-state index in [1.165, 1.54) is 0 Å². The molecule has 5 rings (SSSR count). The summed E-state index contributed by atoms with van der Waals surface area (Å²) in [6.07, 6.45) is 3.86. The molecule has 2 bridgehead atoms. The number of pyridine rings is 1. The molecule has 2 aromatic heterocycles. The Balaban J connectivity index is 1.58. The lowest BCUT2D eigenvalue weighted by atomic mass is 9.79. The van der Waals surface area contributed by atoms with E-state index >= 15 is 0 Å². The molecule has 1 amide bonds. The van der Waals surface area contributed by atoms with E-state index in [1.807, 2.05) is 0 Å². The van der Waals surface area contributed by atoms with Crippen molar-refractivity contribution in [1.82, 2.24) is 15.2 Å². The highest BCUT2D eigenvalue weighted by atomic mass is 35.5. The van der Waals surface area contributed by atoms with Gasteiger partial charge in [-0.2, -0.15) is 0 Å². The first-order valence-electron chi connectivity index (χ1n) is 7.72. The monoisotopic (exact) mass is 319 g/mol. The lowest BCUT2D eigenvalue weighted by Crippen LogP contribution is -2.62. The molecule has 116 valence electrons. The van der Waals surface area contributed by atoms with Crippen molar-refractivity contribution in [2.75, 3.05) is 13.1 Å². The number of halogens is 1. The molecule has 2 atom stereocenters. The van der Waals surface area contributed by atoms with Gasteiger partial charge in [-0.05, 0) is 44.8 Å². The summed E-state index contributed by atoms with van der Waals surface area (Å²) in [5, 5.41) is 4.19. The highest BCUT2D eigenvalue weighted by Gasteiger charge is 2.40. The second-order valence-corrected chi connectivity index (χ2v) is 6.60. The third-order valence-corrected chi connectivity index (χ3v) is 5.40. The van der Waals surface area contributed by atoms with Crippen molar-refractivity contribution >= 4 is 28.5 Å². The lowest BCUT2D eigenvalue weighted by Gasteiger charge is -2.49. The van der Waals surface area contributed by atoms with E-state index < -0.39 is 0 Å². The first-order chi connectivity index (χ1) is 10.6. The van der Waals surface area contributed by atoms with Gasteiger partial charge in [0.25, 0.3) is 5.91 Å². The number of piperidine rings is 3. The van der Waals surface area contributed by atoms with Crippen LogP contribution in [0.3, 0.4) is 0 Å². The molecule has 1 N–H and O–H groups in total. The van der Waals surface area contributed by atoms with Crippen molar-refractivity contribution in [3.63, 3.8) is 0 Å². The van der Waals surface area contributed by atoms with E-state index in [9.17, 15) is 4.79 Å². The Morgan fingerprint density at radius 1 is 1.45 bits per heavy atom. The van der Waals surface area contributed by atoms with E-state index in [0.29, 0.717) is 28.4 Å². The van der Waals surface area contributed by atoms with Gasteiger partial charge in [0.2, 0.25) is 0 Å². The van der Waals surface area contributed by atoms with Crippen LogP contribution in [0.5, 0.6) is 0 Å². The topological polar surface area (TPSA) is 58.4 Å². The molecule has 0 spiro atoms. The maximum absolute atomic E-state index is 12.6. The molecule has 2 aromatic rings. The Labute approximate surface area is 133 Å². The number of nitrogens with zero attached hydrogens (tertiary/aromatic N) is 2. The molecule has 3 aliphatic heterocycles. The summed E-state index contributed by atoms with van der Waals surface area (Å²) >= 11 is 6.12. The van der Waals surface area contributed by atoms with E-state index in [-0.39, 0.29) is 11.9 Å². The van der Waals surface area contributed by atoms with Gasteiger partial charge < -0.3 is 9.73 Å². The number of hydrogen-bond donors (Lipinski definition) is 1. The van der Waals surface area contributed by atoms with Gasteiger partial charge >= 0.3 is 0 Å². The fraction of sp³-hybridized carbons (Fsp3) is 0.500. The third kappa shape index (κ3) is 2.20. The Morgan fingerprint density at radius 2 is 2.23 bits per heavy atom. The second kappa shape index (κ2) is 5.25. The summed E-state index contributed by atoms with van der Waals surface area (Å²) in [5.41, 5.74) is 0.906. The molecule has 22 heavy (non-hydrogen) atoms. The number of carbonyl (C=O) groups is 1. The van der Waals surface area contributed by atoms with Crippen molar-refractivity contribution < 1.29 is 9.21 Å². The molecule has 0 aliphatic carbocycles. The highest BCUT2D eigenvalue weighted by Crippen LogP contribution is 2.32. The average molecular weight is 320 g/mol. The minimum atomic E-state index is -0.175. The van der Waals surface area contributed by atoms with E-state index in [0.717, 1.165) is 31.3 Å². The predicted octanol–water partition coefficient (Wildman–Crippen LogP) is 2.69. The zero-order chi connectivity index (χ0) is 15.3. The largest absolute Gasteiger partial charge is 0.464 e. The smallest absolute Gasteiger partial charge is 0.270 e. The van der Waals surface area contributed by atoms with Crippen LogP contribution in [0.25, 0.3) is 11.0 Å². The zero-order valence-corrected chi connectivity index (χ0v) is 13.1. The maximum Gasteiger partial charge on any atom is 0.270 e. The molecular weight excluding hydrogens is 302 g/mol. The molecule has 3 fully saturated rings. The molecule has 0 unspecified atom stereocenters. The summed E-state index contributed by atoms with van der Waals surface area (Å²) in [6, 6.07) is 3.96. The van der Waals surface area contributed by atoms with Crippen LogP contribution < -0.4 is 5.32 Å². The highest BCUT2D eigenvalue weighted by molar-refractivity contribution is 6.34. The van der Waals surface area contributed by atoms with Gasteiger partial charge in [0, 0.05) is 18.2 Å². The molecule has 5 nitrogen and oxygen atoms in total. The van der Waals surface area contributed by atoms with Gasteiger partial charge in [0.1, 0.15) is 16.4 Å².